The number of methoxy groups -OCH3 is 1. The molecule has 0 atom stereocenters. The zero-order chi connectivity index (χ0) is 23.9. The van der Waals surface area contributed by atoms with Crippen LogP contribution in [-0.2, 0) is 11.8 Å². The van der Waals surface area contributed by atoms with E-state index in [1.54, 1.807) is 11.0 Å². The van der Waals surface area contributed by atoms with E-state index in [2.05, 4.69) is 18.2 Å². The summed E-state index contributed by atoms with van der Waals surface area (Å²) >= 11 is 0. The van der Waals surface area contributed by atoms with Gasteiger partial charge in [0.1, 0.15) is 11.4 Å². The highest BCUT2D eigenvalue weighted by atomic mass is 19.1. The average Bonchev–Trinajstić information content (AvgIpc) is 3.10. The molecular formula is C26H30FN3O3. The van der Waals surface area contributed by atoms with Crippen LogP contribution in [0.25, 0.3) is 28.0 Å². The van der Waals surface area contributed by atoms with Crippen molar-refractivity contribution in [3.05, 3.63) is 53.4 Å². The molecule has 0 spiro atoms. The van der Waals surface area contributed by atoms with Gasteiger partial charge in [-0.1, -0.05) is 6.08 Å². The molecule has 1 aliphatic heterocycles. The summed E-state index contributed by atoms with van der Waals surface area (Å²) < 4.78 is 26.8. The van der Waals surface area contributed by atoms with E-state index in [1.807, 2.05) is 45.4 Å². The predicted octanol–water partition coefficient (Wildman–Crippen LogP) is 5.72. The van der Waals surface area contributed by atoms with E-state index in [1.165, 1.54) is 18.7 Å². The molecule has 3 aromatic rings. The van der Waals surface area contributed by atoms with Crippen molar-refractivity contribution in [3.63, 3.8) is 0 Å². The minimum atomic E-state index is -0.507. The first kappa shape index (κ1) is 22.8. The van der Waals surface area contributed by atoms with E-state index in [4.69, 9.17) is 14.5 Å². The van der Waals surface area contributed by atoms with E-state index in [9.17, 15) is 9.18 Å². The molecular weight excluding hydrogens is 421 g/mol. The maximum absolute atomic E-state index is 14.3. The Labute approximate surface area is 193 Å². The lowest BCUT2D eigenvalue weighted by Gasteiger charge is -2.29. The number of imidazole rings is 1. The van der Waals surface area contributed by atoms with Crippen LogP contribution in [0.2, 0.25) is 0 Å². The summed E-state index contributed by atoms with van der Waals surface area (Å²) in [6, 6.07) is 9.13. The second-order valence-corrected chi connectivity index (χ2v) is 9.41. The zero-order valence-corrected chi connectivity index (χ0v) is 20.0. The number of aromatic nitrogens is 2. The van der Waals surface area contributed by atoms with Gasteiger partial charge in [0.05, 0.1) is 18.1 Å². The van der Waals surface area contributed by atoms with E-state index in [-0.39, 0.29) is 11.8 Å². The van der Waals surface area contributed by atoms with Crippen molar-refractivity contribution in [2.45, 2.75) is 39.7 Å². The predicted molar refractivity (Wildman–Crippen MR) is 128 cm³/mol. The molecule has 0 fully saturated rings. The fraction of sp³-hybridized carbons (Fsp3) is 0.385. The highest BCUT2D eigenvalue weighted by Crippen LogP contribution is 2.32. The third kappa shape index (κ3) is 4.58. The fourth-order valence-electron chi connectivity index (χ4n) is 4.13. The van der Waals surface area contributed by atoms with Crippen molar-refractivity contribution in [2.75, 3.05) is 20.2 Å². The summed E-state index contributed by atoms with van der Waals surface area (Å²) in [7, 11) is 3.39. The van der Waals surface area contributed by atoms with Crippen molar-refractivity contribution < 1.29 is 18.7 Å². The lowest BCUT2D eigenvalue weighted by atomic mass is 9.97. The lowest BCUT2D eigenvalue weighted by Crippen LogP contribution is -2.39. The first-order valence-electron chi connectivity index (χ1n) is 11.1. The highest BCUT2D eigenvalue weighted by Gasteiger charge is 2.24. The van der Waals surface area contributed by atoms with Crippen LogP contribution in [0.4, 0.5) is 9.18 Å². The molecule has 0 aliphatic carbocycles. The van der Waals surface area contributed by atoms with Gasteiger partial charge >= 0.3 is 6.09 Å². The van der Waals surface area contributed by atoms with Gasteiger partial charge in [-0.3, -0.25) is 0 Å². The minimum absolute atomic E-state index is 0.209. The maximum Gasteiger partial charge on any atom is 0.410 e. The number of hydrogen-bond donors (Lipinski definition) is 0. The molecule has 174 valence electrons. The number of fused-ring (bicyclic) bond motifs is 1. The molecule has 0 saturated heterocycles. The third-order valence-corrected chi connectivity index (χ3v) is 5.82. The molecule has 1 aromatic heterocycles. The number of aryl methyl sites for hydroxylation is 2. The molecule has 0 saturated carbocycles. The first-order valence-corrected chi connectivity index (χ1v) is 11.1. The Bertz CT molecular complexity index is 1250. The van der Waals surface area contributed by atoms with Gasteiger partial charge in [0.15, 0.2) is 11.6 Å². The number of nitrogens with zero attached hydrogens (tertiary/aromatic N) is 3. The van der Waals surface area contributed by atoms with Gasteiger partial charge in [0, 0.05) is 25.7 Å². The summed E-state index contributed by atoms with van der Waals surface area (Å²) in [6.45, 7) is 8.78. The summed E-state index contributed by atoms with van der Waals surface area (Å²) in [6.07, 6.45) is 2.55. The topological polar surface area (TPSA) is 56.6 Å². The molecule has 4 rings (SSSR count). The van der Waals surface area contributed by atoms with Gasteiger partial charge in [-0.05, 0) is 81.1 Å². The van der Waals surface area contributed by atoms with Crippen molar-refractivity contribution >= 4 is 22.7 Å². The Morgan fingerprint density at radius 2 is 1.91 bits per heavy atom. The number of carbonyl (C=O) groups is 1. The van der Waals surface area contributed by atoms with Crippen LogP contribution in [-0.4, -0.2) is 46.3 Å². The van der Waals surface area contributed by atoms with Gasteiger partial charge in [-0.25, -0.2) is 14.2 Å². The molecule has 2 aromatic carbocycles. The van der Waals surface area contributed by atoms with Crippen molar-refractivity contribution in [1.82, 2.24) is 14.5 Å². The van der Waals surface area contributed by atoms with Gasteiger partial charge in [0.25, 0.3) is 0 Å². The van der Waals surface area contributed by atoms with Crippen molar-refractivity contribution in [2.24, 2.45) is 7.05 Å². The van der Waals surface area contributed by atoms with Crippen LogP contribution in [0, 0.1) is 12.7 Å². The van der Waals surface area contributed by atoms with Crippen LogP contribution in [0.5, 0.6) is 5.75 Å². The molecule has 7 heteroatoms. The SMILES string of the molecule is COc1ccc(-c2nc3c(C)cc(C4=CCN(C(=O)OC(C)(C)C)CC4)cc3n2C)cc1F. The van der Waals surface area contributed by atoms with Crippen molar-refractivity contribution in [3.8, 4) is 17.1 Å². The Morgan fingerprint density at radius 3 is 2.52 bits per heavy atom. The lowest BCUT2D eigenvalue weighted by molar-refractivity contribution is 0.0270. The van der Waals surface area contributed by atoms with Crippen LogP contribution in [0.1, 0.15) is 38.3 Å². The molecule has 33 heavy (non-hydrogen) atoms. The minimum Gasteiger partial charge on any atom is -0.494 e. The zero-order valence-electron chi connectivity index (χ0n) is 20.0. The van der Waals surface area contributed by atoms with E-state index < -0.39 is 11.4 Å². The van der Waals surface area contributed by atoms with Crippen LogP contribution < -0.4 is 4.74 Å². The summed E-state index contributed by atoms with van der Waals surface area (Å²) in [5.41, 5.74) is 5.41. The van der Waals surface area contributed by atoms with Crippen LogP contribution in [0.3, 0.4) is 0 Å². The number of ether oxygens (including phenoxy) is 2. The molecule has 0 bridgehead atoms. The van der Waals surface area contributed by atoms with E-state index in [0.29, 0.717) is 24.5 Å². The normalized spacial score (nSPS) is 14.4. The number of benzene rings is 2. The van der Waals surface area contributed by atoms with Crippen LogP contribution in [0.15, 0.2) is 36.4 Å². The smallest absolute Gasteiger partial charge is 0.410 e. The van der Waals surface area contributed by atoms with E-state index in [0.717, 1.165) is 28.6 Å². The molecule has 0 unspecified atom stereocenters. The second-order valence-electron chi connectivity index (χ2n) is 9.41. The van der Waals surface area contributed by atoms with Crippen LogP contribution >= 0.6 is 0 Å². The van der Waals surface area contributed by atoms with Crippen molar-refractivity contribution in [1.29, 1.82) is 0 Å². The Kier molecular flexibility index (Phi) is 5.91. The molecule has 0 N–H and O–H groups in total. The number of carbonyl (C=O) groups excluding carboxylic acids is 1. The molecule has 0 radical (unpaired) electrons. The standard InChI is InChI=1S/C26H30FN3O3/c1-16-13-19(17-9-11-30(12-10-17)25(31)33-26(2,3)4)15-21-23(16)28-24(29(21)5)18-7-8-22(32-6)20(27)14-18/h7-9,13-15H,10-12H2,1-6H3. The molecule has 2 heterocycles. The average molecular weight is 452 g/mol. The number of amides is 1. The fourth-order valence-corrected chi connectivity index (χ4v) is 4.13. The summed E-state index contributed by atoms with van der Waals surface area (Å²) in [4.78, 5) is 18.9. The monoisotopic (exact) mass is 451 g/mol. The van der Waals surface area contributed by atoms with Gasteiger partial charge in [-0.2, -0.15) is 0 Å². The Morgan fingerprint density at radius 1 is 1.15 bits per heavy atom. The highest BCUT2D eigenvalue weighted by molar-refractivity contribution is 5.87. The Hall–Kier alpha value is -3.35. The maximum atomic E-state index is 14.3. The quantitative estimate of drug-likeness (QED) is 0.511. The molecule has 1 aliphatic rings. The molecule has 6 nitrogen and oxygen atoms in total. The Balaban J connectivity index is 1.64. The summed E-state index contributed by atoms with van der Waals surface area (Å²) in [5.74, 6) is 0.488. The molecule has 1 amide bonds. The largest absolute Gasteiger partial charge is 0.494 e. The summed E-state index contributed by atoms with van der Waals surface area (Å²) in [5, 5.41) is 0. The first-order chi connectivity index (χ1) is 15.6. The number of halogens is 1. The van der Waals surface area contributed by atoms with Gasteiger partial charge in [-0.15, -0.1) is 0 Å². The van der Waals surface area contributed by atoms with Gasteiger partial charge in [0.2, 0.25) is 0 Å². The number of rotatable bonds is 3. The second kappa shape index (κ2) is 8.54. The third-order valence-electron chi connectivity index (χ3n) is 5.82. The number of hydrogen-bond acceptors (Lipinski definition) is 4. The van der Waals surface area contributed by atoms with E-state index >= 15 is 0 Å². The van der Waals surface area contributed by atoms with Gasteiger partial charge < -0.3 is 18.9 Å².